The summed E-state index contributed by atoms with van der Waals surface area (Å²) in [7, 11) is 4.00. The summed E-state index contributed by atoms with van der Waals surface area (Å²) in [6.07, 6.45) is 0. The van der Waals surface area contributed by atoms with Crippen molar-refractivity contribution in [2.75, 3.05) is 38.3 Å². The molecule has 0 unspecified atom stereocenters. The molecule has 0 heterocycles. The van der Waals surface area contributed by atoms with Crippen LogP contribution in [0.15, 0.2) is 42.5 Å². The standard InChI is InChI=1S/C18H23N3O2.2ClH/c1-13-4-5-14(19)12-17(13)18(22)20-15-6-8-16(9-7-15)23-11-10-21(2)3;;/h4-9,12H,10-11,19H2,1-3H3,(H,20,22);2*1H. The zero-order chi connectivity index (χ0) is 16.8. The van der Waals surface area contributed by atoms with Crippen LogP contribution in [-0.2, 0) is 0 Å². The largest absolute Gasteiger partial charge is 0.492 e. The number of ether oxygens (including phenoxy) is 1. The molecule has 138 valence electrons. The highest BCUT2D eigenvalue weighted by Gasteiger charge is 2.09. The minimum atomic E-state index is -0.170. The second-order valence-electron chi connectivity index (χ2n) is 5.70. The first-order valence-corrected chi connectivity index (χ1v) is 7.51. The first kappa shape index (κ1) is 23.1. The molecule has 2 aromatic rings. The van der Waals surface area contributed by atoms with Gasteiger partial charge < -0.3 is 20.7 Å². The van der Waals surface area contributed by atoms with E-state index in [1.807, 2.05) is 51.4 Å². The summed E-state index contributed by atoms with van der Waals surface area (Å²) >= 11 is 0. The molecule has 0 aliphatic carbocycles. The van der Waals surface area contributed by atoms with Crippen LogP contribution >= 0.6 is 24.8 Å². The van der Waals surface area contributed by atoms with E-state index in [4.69, 9.17) is 10.5 Å². The van der Waals surface area contributed by atoms with Gasteiger partial charge >= 0.3 is 0 Å². The van der Waals surface area contributed by atoms with Gasteiger partial charge in [-0.15, -0.1) is 24.8 Å². The number of hydrogen-bond donors (Lipinski definition) is 2. The van der Waals surface area contributed by atoms with E-state index in [2.05, 4.69) is 10.2 Å². The Morgan fingerprint density at radius 1 is 1.12 bits per heavy atom. The number of nitrogens with two attached hydrogens (primary N) is 1. The second-order valence-corrected chi connectivity index (χ2v) is 5.70. The lowest BCUT2D eigenvalue weighted by molar-refractivity contribution is 0.102. The molecule has 0 atom stereocenters. The molecule has 0 aromatic heterocycles. The van der Waals surface area contributed by atoms with Crippen molar-refractivity contribution in [3.8, 4) is 5.75 Å². The van der Waals surface area contributed by atoms with E-state index in [1.165, 1.54) is 0 Å². The Bertz CT molecular complexity index is 677. The van der Waals surface area contributed by atoms with Crippen LogP contribution in [0.5, 0.6) is 5.75 Å². The average Bonchev–Trinajstić information content (AvgIpc) is 2.51. The van der Waals surface area contributed by atoms with E-state index < -0.39 is 0 Å². The zero-order valence-corrected chi connectivity index (χ0v) is 16.2. The molecule has 1 amide bonds. The number of amides is 1. The van der Waals surface area contributed by atoms with Gasteiger partial charge in [-0.3, -0.25) is 4.79 Å². The van der Waals surface area contributed by atoms with E-state index in [9.17, 15) is 4.79 Å². The Labute approximate surface area is 161 Å². The van der Waals surface area contributed by atoms with Crippen molar-refractivity contribution < 1.29 is 9.53 Å². The minimum Gasteiger partial charge on any atom is -0.492 e. The third kappa shape index (κ3) is 7.22. The molecule has 0 aliphatic heterocycles. The van der Waals surface area contributed by atoms with Crippen LogP contribution in [0.1, 0.15) is 15.9 Å². The molecule has 2 rings (SSSR count). The lowest BCUT2D eigenvalue weighted by Gasteiger charge is -2.12. The van der Waals surface area contributed by atoms with Gasteiger partial charge in [0, 0.05) is 23.5 Å². The fourth-order valence-corrected chi connectivity index (χ4v) is 2.06. The van der Waals surface area contributed by atoms with Gasteiger partial charge in [0.2, 0.25) is 0 Å². The van der Waals surface area contributed by atoms with Crippen LogP contribution < -0.4 is 15.8 Å². The van der Waals surface area contributed by atoms with Crippen molar-refractivity contribution in [3.05, 3.63) is 53.6 Å². The number of nitrogen functional groups attached to an aromatic ring is 1. The van der Waals surface area contributed by atoms with Crippen molar-refractivity contribution in [1.82, 2.24) is 4.90 Å². The third-order valence-electron chi connectivity index (χ3n) is 3.43. The summed E-state index contributed by atoms with van der Waals surface area (Å²) in [5, 5.41) is 2.87. The highest BCUT2D eigenvalue weighted by Crippen LogP contribution is 2.18. The second kappa shape index (κ2) is 10.8. The van der Waals surface area contributed by atoms with E-state index in [0.29, 0.717) is 17.9 Å². The number of hydrogen-bond acceptors (Lipinski definition) is 4. The molecule has 7 heteroatoms. The van der Waals surface area contributed by atoms with E-state index in [0.717, 1.165) is 23.5 Å². The molecule has 0 radical (unpaired) electrons. The van der Waals surface area contributed by atoms with Gasteiger partial charge in [-0.25, -0.2) is 0 Å². The maximum atomic E-state index is 12.3. The zero-order valence-electron chi connectivity index (χ0n) is 14.6. The maximum absolute atomic E-state index is 12.3. The number of benzene rings is 2. The molecule has 0 fully saturated rings. The van der Waals surface area contributed by atoms with Crippen LogP contribution in [0.4, 0.5) is 11.4 Å². The van der Waals surface area contributed by atoms with Crippen molar-refractivity contribution >= 4 is 42.1 Å². The monoisotopic (exact) mass is 385 g/mol. The van der Waals surface area contributed by atoms with Crippen LogP contribution in [0, 0.1) is 6.92 Å². The van der Waals surface area contributed by atoms with Gasteiger partial charge in [0.25, 0.3) is 5.91 Å². The minimum absolute atomic E-state index is 0. The predicted molar refractivity (Wildman–Crippen MR) is 109 cm³/mol. The number of anilines is 2. The Hall–Kier alpha value is -1.95. The summed E-state index contributed by atoms with van der Waals surface area (Å²) in [6.45, 7) is 3.37. The number of carbonyl (C=O) groups is 1. The normalized spacial score (nSPS) is 9.76. The molecular weight excluding hydrogens is 361 g/mol. The topological polar surface area (TPSA) is 67.6 Å². The van der Waals surface area contributed by atoms with Crippen LogP contribution in [0.2, 0.25) is 0 Å². The Kier molecular flexibility index (Phi) is 9.98. The van der Waals surface area contributed by atoms with Crippen molar-refractivity contribution in [3.63, 3.8) is 0 Å². The van der Waals surface area contributed by atoms with Gasteiger partial charge in [0.15, 0.2) is 0 Å². The predicted octanol–water partition coefficient (Wildman–Crippen LogP) is 3.61. The number of likely N-dealkylation sites (N-methyl/N-ethyl adjacent to an activating group) is 1. The SMILES string of the molecule is Cc1ccc(N)cc1C(=O)Nc1ccc(OCCN(C)C)cc1.Cl.Cl. The number of nitrogens with one attached hydrogen (secondary N) is 1. The quantitative estimate of drug-likeness (QED) is 0.745. The van der Waals surface area contributed by atoms with Crippen molar-refractivity contribution in [2.24, 2.45) is 0 Å². The summed E-state index contributed by atoms with van der Waals surface area (Å²) in [5.41, 5.74) is 8.51. The maximum Gasteiger partial charge on any atom is 0.256 e. The lowest BCUT2D eigenvalue weighted by Crippen LogP contribution is -2.19. The van der Waals surface area contributed by atoms with Crippen molar-refractivity contribution in [1.29, 1.82) is 0 Å². The van der Waals surface area contributed by atoms with Gasteiger partial charge in [0.1, 0.15) is 12.4 Å². The Morgan fingerprint density at radius 3 is 2.36 bits per heavy atom. The van der Waals surface area contributed by atoms with Crippen LogP contribution in [-0.4, -0.2) is 38.1 Å². The fraction of sp³-hybridized carbons (Fsp3) is 0.278. The van der Waals surface area contributed by atoms with E-state index in [1.54, 1.807) is 12.1 Å². The van der Waals surface area contributed by atoms with E-state index in [-0.39, 0.29) is 30.7 Å². The number of nitrogens with zero attached hydrogens (tertiary/aromatic N) is 1. The molecule has 25 heavy (non-hydrogen) atoms. The molecule has 0 aliphatic rings. The molecule has 0 saturated carbocycles. The number of aryl methyl sites for hydroxylation is 1. The highest BCUT2D eigenvalue weighted by molar-refractivity contribution is 6.05. The Morgan fingerprint density at radius 2 is 1.76 bits per heavy atom. The molecule has 0 bridgehead atoms. The summed E-state index contributed by atoms with van der Waals surface area (Å²) < 4.78 is 5.63. The van der Waals surface area contributed by atoms with Gasteiger partial charge in [-0.2, -0.15) is 0 Å². The first-order valence-electron chi connectivity index (χ1n) is 7.51. The average molecular weight is 386 g/mol. The molecule has 0 spiro atoms. The van der Waals surface area contributed by atoms with Gasteiger partial charge in [0.05, 0.1) is 0 Å². The number of carbonyl (C=O) groups excluding carboxylic acids is 1. The van der Waals surface area contributed by atoms with Crippen LogP contribution in [0.3, 0.4) is 0 Å². The summed E-state index contributed by atoms with van der Waals surface area (Å²) in [4.78, 5) is 14.4. The molecule has 2 aromatic carbocycles. The number of halogens is 2. The van der Waals surface area contributed by atoms with Gasteiger partial charge in [-0.05, 0) is 63.0 Å². The molecular formula is C18H25Cl2N3O2. The first-order chi connectivity index (χ1) is 11.0. The summed E-state index contributed by atoms with van der Waals surface area (Å²) in [5.74, 6) is 0.612. The summed E-state index contributed by atoms with van der Waals surface area (Å²) in [6, 6.07) is 12.6. The third-order valence-corrected chi connectivity index (χ3v) is 3.43. The Balaban J connectivity index is 0.00000288. The number of rotatable bonds is 6. The molecule has 0 saturated heterocycles. The highest BCUT2D eigenvalue weighted by atomic mass is 35.5. The molecule has 3 N–H and O–H groups in total. The van der Waals surface area contributed by atoms with Gasteiger partial charge in [-0.1, -0.05) is 6.07 Å². The van der Waals surface area contributed by atoms with E-state index >= 15 is 0 Å². The fourth-order valence-electron chi connectivity index (χ4n) is 2.06. The lowest BCUT2D eigenvalue weighted by atomic mass is 10.1. The van der Waals surface area contributed by atoms with Crippen LogP contribution in [0.25, 0.3) is 0 Å². The molecule has 5 nitrogen and oxygen atoms in total. The smallest absolute Gasteiger partial charge is 0.256 e. The van der Waals surface area contributed by atoms with Crippen molar-refractivity contribution in [2.45, 2.75) is 6.92 Å².